The normalized spacial score (nSPS) is 20.0. The number of rotatable bonds is 3. The molecule has 0 saturated carbocycles. The van der Waals surface area contributed by atoms with Crippen LogP contribution in [-0.2, 0) is 13.5 Å². The third-order valence-corrected chi connectivity index (χ3v) is 4.30. The van der Waals surface area contributed by atoms with Crippen LogP contribution in [0.5, 0.6) is 0 Å². The SMILES string of the molecule is Cc1ccc2c(c1)nc(CCC1CCCNC1)n2C. The summed E-state index contributed by atoms with van der Waals surface area (Å²) in [6.07, 6.45) is 5.04. The van der Waals surface area contributed by atoms with E-state index in [9.17, 15) is 0 Å². The van der Waals surface area contributed by atoms with Gasteiger partial charge < -0.3 is 9.88 Å². The predicted octanol–water partition coefficient (Wildman–Crippen LogP) is 2.81. The minimum Gasteiger partial charge on any atom is -0.331 e. The van der Waals surface area contributed by atoms with Crippen LogP contribution >= 0.6 is 0 Å². The highest BCUT2D eigenvalue weighted by Gasteiger charge is 2.15. The Balaban J connectivity index is 1.75. The third kappa shape index (κ3) is 2.66. The van der Waals surface area contributed by atoms with E-state index < -0.39 is 0 Å². The Labute approximate surface area is 115 Å². The van der Waals surface area contributed by atoms with Gasteiger partial charge >= 0.3 is 0 Å². The maximum Gasteiger partial charge on any atom is 0.109 e. The molecule has 0 aliphatic carbocycles. The van der Waals surface area contributed by atoms with Crippen LogP contribution in [0.25, 0.3) is 11.0 Å². The number of hydrogen-bond donors (Lipinski definition) is 1. The maximum absolute atomic E-state index is 4.80. The van der Waals surface area contributed by atoms with E-state index in [4.69, 9.17) is 4.98 Å². The largest absolute Gasteiger partial charge is 0.331 e. The van der Waals surface area contributed by atoms with E-state index in [1.807, 2.05) is 0 Å². The molecule has 3 heteroatoms. The van der Waals surface area contributed by atoms with E-state index in [-0.39, 0.29) is 0 Å². The minimum absolute atomic E-state index is 0.829. The highest BCUT2D eigenvalue weighted by atomic mass is 15.1. The van der Waals surface area contributed by atoms with E-state index in [1.54, 1.807) is 0 Å². The van der Waals surface area contributed by atoms with Gasteiger partial charge in [-0.2, -0.15) is 0 Å². The van der Waals surface area contributed by atoms with Crippen LogP contribution in [0.15, 0.2) is 18.2 Å². The highest BCUT2D eigenvalue weighted by Crippen LogP contribution is 2.20. The Hall–Kier alpha value is -1.35. The van der Waals surface area contributed by atoms with Gasteiger partial charge in [-0.25, -0.2) is 4.98 Å². The fourth-order valence-electron chi connectivity index (χ4n) is 3.09. The first-order valence-electron chi connectivity index (χ1n) is 7.37. The standard InChI is InChI=1S/C16H23N3/c1-12-5-7-15-14(10-12)18-16(19(15)2)8-6-13-4-3-9-17-11-13/h5,7,10,13,17H,3-4,6,8-9,11H2,1-2H3. The van der Waals surface area contributed by atoms with Crippen LogP contribution in [-0.4, -0.2) is 22.6 Å². The van der Waals surface area contributed by atoms with E-state index in [1.165, 1.54) is 49.3 Å². The molecule has 1 fully saturated rings. The lowest BCUT2D eigenvalue weighted by molar-refractivity contribution is 0.355. The van der Waals surface area contributed by atoms with Crippen molar-refractivity contribution >= 4 is 11.0 Å². The Bertz CT molecular complexity index is 565. The summed E-state index contributed by atoms with van der Waals surface area (Å²) in [7, 11) is 2.14. The summed E-state index contributed by atoms with van der Waals surface area (Å²) in [5.41, 5.74) is 3.68. The second kappa shape index (κ2) is 5.33. The molecule has 0 bridgehead atoms. The van der Waals surface area contributed by atoms with Crippen LogP contribution < -0.4 is 5.32 Å². The summed E-state index contributed by atoms with van der Waals surface area (Å²) in [6.45, 7) is 4.51. The van der Waals surface area contributed by atoms with E-state index >= 15 is 0 Å². The molecule has 3 nitrogen and oxygen atoms in total. The van der Waals surface area contributed by atoms with Crippen molar-refractivity contribution in [1.82, 2.24) is 14.9 Å². The van der Waals surface area contributed by atoms with Gasteiger partial charge in [-0.1, -0.05) is 6.07 Å². The molecule has 1 aliphatic rings. The monoisotopic (exact) mass is 257 g/mol. The molecule has 0 amide bonds. The van der Waals surface area contributed by atoms with Gasteiger partial charge in [0.05, 0.1) is 11.0 Å². The topological polar surface area (TPSA) is 29.9 Å². The first kappa shape index (κ1) is 12.7. The number of fused-ring (bicyclic) bond motifs is 1. The number of imidazole rings is 1. The lowest BCUT2D eigenvalue weighted by Crippen LogP contribution is -2.30. The fraction of sp³-hybridized carbons (Fsp3) is 0.562. The van der Waals surface area contributed by atoms with Gasteiger partial charge in [0.15, 0.2) is 0 Å². The minimum atomic E-state index is 0.829. The Kier molecular flexibility index (Phi) is 3.56. The van der Waals surface area contributed by atoms with Crippen molar-refractivity contribution in [1.29, 1.82) is 0 Å². The Morgan fingerprint density at radius 2 is 2.32 bits per heavy atom. The average molecular weight is 257 g/mol. The number of aromatic nitrogens is 2. The molecule has 1 unspecified atom stereocenters. The number of benzene rings is 1. The molecule has 2 aromatic rings. The van der Waals surface area contributed by atoms with Crippen LogP contribution in [0.1, 0.15) is 30.7 Å². The van der Waals surface area contributed by atoms with Crippen LogP contribution in [0, 0.1) is 12.8 Å². The molecule has 102 valence electrons. The number of aryl methyl sites for hydroxylation is 3. The van der Waals surface area contributed by atoms with E-state index in [2.05, 4.69) is 42.1 Å². The first-order chi connectivity index (χ1) is 9.24. The summed E-state index contributed by atoms with van der Waals surface area (Å²) in [6, 6.07) is 6.53. The number of nitrogens with zero attached hydrogens (tertiary/aromatic N) is 2. The van der Waals surface area contributed by atoms with Crippen molar-refractivity contribution in [3.8, 4) is 0 Å². The molecule has 3 rings (SSSR count). The zero-order valence-corrected chi connectivity index (χ0v) is 11.9. The zero-order chi connectivity index (χ0) is 13.2. The summed E-state index contributed by atoms with van der Waals surface area (Å²) < 4.78 is 2.25. The summed E-state index contributed by atoms with van der Waals surface area (Å²) in [5.74, 6) is 2.06. The van der Waals surface area contributed by atoms with Crippen molar-refractivity contribution in [2.45, 2.75) is 32.6 Å². The quantitative estimate of drug-likeness (QED) is 0.916. The molecule has 1 aliphatic heterocycles. The Morgan fingerprint density at radius 3 is 3.11 bits per heavy atom. The summed E-state index contributed by atoms with van der Waals surface area (Å²) in [4.78, 5) is 4.80. The average Bonchev–Trinajstić information content (AvgIpc) is 2.74. The predicted molar refractivity (Wildman–Crippen MR) is 79.4 cm³/mol. The molecule has 0 radical (unpaired) electrons. The zero-order valence-electron chi connectivity index (χ0n) is 11.9. The molecule has 2 heterocycles. The van der Waals surface area contributed by atoms with Gasteiger partial charge in [0, 0.05) is 13.5 Å². The molecule has 1 saturated heterocycles. The van der Waals surface area contributed by atoms with Gasteiger partial charge in [0.25, 0.3) is 0 Å². The smallest absolute Gasteiger partial charge is 0.109 e. The van der Waals surface area contributed by atoms with Crippen molar-refractivity contribution < 1.29 is 0 Å². The number of hydrogen-bond acceptors (Lipinski definition) is 2. The molecule has 0 spiro atoms. The lowest BCUT2D eigenvalue weighted by atomic mass is 9.94. The van der Waals surface area contributed by atoms with Crippen LogP contribution in [0.3, 0.4) is 0 Å². The van der Waals surface area contributed by atoms with Crippen molar-refractivity contribution in [3.63, 3.8) is 0 Å². The van der Waals surface area contributed by atoms with Gasteiger partial charge in [-0.15, -0.1) is 0 Å². The maximum atomic E-state index is 4.80. The second-order valence-electron chi connectivity index (χ2n) is 5.83. The molecular formula is C16H23N3. The van der Waals surface area contributed by atoms with Crippen molar-refractivity contribution in [2.75, 3.05) is 13.1 Å². The highest BCUT2D eigenvalue weighted by molar-refractivity contribution is 5.76. The Morgan fingerprint density at radius 1 is 1.42 bits per heavy atom. The second-order valence-corrected chi connectivity index (χ2v) is 5.83. The van der Waals surface area contributed by atoms with Gasteiger partial charge in [-0.3, -0.25) is 0 Å². The van der Waals surface area contributed by atoms with Gasteiger partial charge in [0.1, 0.15) is 5.82 Å². The molecular weight excluding hydrogens is 234 g/mol. The van der Waals surface area contributed by atoms with Gasteiger partial charge in [-0.05, 0) is 62.9 Å². The van der Waals surface area contributed by atoms with Crippen LogP contribution in [0.4, 0.5) is 0 Å². The fourth-order valence-corrected chi connectivity index (χ4v) is 3.09. The lowest BCUT2D eigenvalue weighted by Gasteiger charge is -2.22. The van der Waals surface area contributed by atoms with E-state index in [0.29, 0.717) is 0 Å². The molecule has 1 N–H and O–H groups in total. The van der Waals surface area contributed by atoms with Gasteiger partial charge in [0.2, 0.25) is 0 Å². The summed E-state index contributed by atoms with van der Waals surface area (Å²) in [5, 5.41) is 3.49. The van der Waals surface area contributed by atoms with Crippen LogP contribution in [0.2, 0.25) is 0 Å². The molecule has 1 atom stereocenters. The molecule has 1 aromatic carbocycles. The first-order valence-corrected chi connectivity index (χ1v) is 7.37. The number of piperidine rings is 1. The molecule has 1 aromatic heterocycles. The number of nitrogens with one attached hydrogen (secondary N) is 1. The van der Waals surface area contributed by atoms with Crippen molar-refractivity contribution in [3.05, 3.63) is 29.6 Å². The van der Waals surface area contributed by atoms with Crippen molar-refractivity contribution in [2.24, 2.45) is 13.0 Å². The summed E-state index contributed by atoms with van der Waals surface area (Å²) >= 11 is 0. The third-order valence-electron chi connectivity index (χ3n) is 4.30. The van der Waals surface area contributed by atoms with E-state index in [0.717, 1.165) is 17.9 Å². The molecule has 19 heavy (non-hydrogen) atoms.